The van der Waals surface area contributed by atoms with Crippen LogP contribution < -0.4 is 5.32 Å². The van der Waals surface area contributed by atoms with Crippen LogP contribution in [0, 0.1) is 0 Å². The monoisotopic (exact) mass is 343 g/mol. The van der Waals surface area contributed by atoms with Crippen LogP contribution in [0.3, 0.4) is 0 Å². The highest BCUT2D eigenvalue weighted by atomic mass is 79.9. The van der Waals surface area contributed by atoms with Crippen molar-refractivity contribution in [3.8, 4) is 0 Å². The molecule has 1 amide bonds. The second kappa shape index (κ2) is 9.30. The summed E-state index contributed by atoms with van der Waals surface area (Å²) in [5.41, 5.74) is 0. The first-order chi connectivity index (χ1) is 7.07. The molecule has 0 aliphatic rings. The zero-order chi connectivity index (χ0) is 11.7. The van der Waals surface area contributed by atoms with Crippen molar-refractivity contribution in [2.24, 2.45) is 0 Å². The molecule has 0 saturated heterocycles. The van der Waals surface area contributed by atoms with Crippen molar-refractivity contribution in [1.82, 2.24) is 5.32 Å². The van der Waals surface area contributed by atoms with Gasteiger partial charge in [0, 0.05) is 13.2 Å². The number of Topliss-reactive ketones (excluding diaryl/α,β-unsaturated/α-hetero) is 1. The summed E-state index contributed by atoms with van der Waals surface area (Å²) < 4.78 is 5.09. The van der Waals surface area contributed by atoms with Crippen molar-refractivity contribution in [3.63, 3.8) is 0 Å². The molecule has 4 nitrogen and oxygen atoms in total. The third-order valence-electron chi connectivity index (χ3n) is 1.54. The SMILES string of the molecule is CC(Br)C(=O)NCCCOCC(=O)CBr. The predicted molar refractivity (Wildman–Crippen MR) is 65.6 cm³/mol. The molecule has 0 aliphatic heterocycles. The number of amides is 1. The fraction of sp³-hybridized carbons (Fsp3) is 0.778. The number of carbonyl (C=O) groups is 2. The largest absolute Gasteiger partial charge is 0.374 e. The van der Waals surface area contributed by atoms with E-state index < -0.39 is 0 Å². The van der Waals surface area contributed by atoms with Crippen molar-refractivity contribution in [2.45, 2.75) is 18.2 Å². The van der Waals surface area contributed by atoms with Gasteiger partial charge in [-0.05, 0) is 13.3 Å². The number of carbonyl (C=O) groups excluding carboxylic acids is 2. The first kappa shape index (κ1) is 15.1. The topological polar surface area (TPSA) is 55.4 Å². The van der Waals surface area contributed by atoms with Gasteiger partial charge >= 0.3 is 0 Å². The van der Waals surface area contributed by atoms with Crippen LogP contribution in [-0.4, -0.2) is 41.6 Å². The van der Waals surface area contributed by atoms with Crippen molar-refractivity contribution in [1.29, 1.82) is 0 Å². The molecule has 0 heterocycles. The Kier molecular flexibility index (Phi) is 9.33. The molecule has 0 aliphatic carbocycles. The Morgan fingerprint density at radius 1 is 1.47 bits per heavy atom. The third-order valence-corrected chi connectivity index (χ3v) is 2.58. The lowest BCUT2D eigenvalue weighted by atomic mass is 10.4. The minimum atomic E-state index is -0.173. The van der Waals surface area contributed by atoms with Crippen LogP contribution in [-0.2, 0) is 14.3 Å². The molecule has 0 radical (unpaired) electrons. The molecule has 6 heteroatoms. The van der Waals surface area contributed by atoms with E-state index in [9.17, 15) is 9.59 Å². The number of rotatable bonds is 8. The van der Waals surface area contributed by atoms with Gasteiger partial charge in [-0.15, -0.1) is 0 Å². The standard InChI is InChI=1S/C9H15Br2NO3/c1-7(11)9(14)12-3-2-4-15-6-8(13)5-10/h7H,2-6H2,1H3,(H,12,14). The molecule has 0 fully saturated rings. The first-order valence-corrected chi connectivity index (χ1v) is 6.68. The zero-order valence-electron chi connectivity index (χ0n) is 8.59. The smallest absolute Gasteiger partial charge is 0.233 e. The number of halogens is 2. The normalized spacial score (nSPS) is 12.2. The van der Waals surface area contributed by atoms with Gasteiger partial charge < -0.3 is 10.1 Å². The van der Waals surface area contributed by atoms with Crippen LogP contribution in [0.4, 0.5) is 0 Å². The molecule has 0 aromatic heterocycles. The van der Waals surface area contributed by atoms with Gasteiger partial charge in [0.1, 0.15) is 6.61 Å². The Hall–Kier alpha value is 0.0600. The lowest BCUT2D eigenvalue weighted by Crippen LogP contribution is -2.30. The minimum Gasteiger partial charge on any atom is -0.374 e. The molecule has 0 rings (SSSR count). The van der Waals surface area contributed by atoms with Gasteiger partial charge in [-0.2, -0.15) is 0 Å². The maximum Gasteiger partial charge on any atom is 0.233 e. The fourth-order valence-corrected chi connectivity index (χ4v) is 1.07. The number of ketones is 1. The molecular formula is C9H15Br2NO3. The lowest BCUT2D eigenvalue weighted by molar-refractivity contribution is -0.122. The summed E-state index contributed by atoms with van der Waals surface area (Å²) in [6.07, 6.45) is 0.709. The average molecular weight is 345 g/mol. The number of alkyl halides is 2. The van der Waals surface area contributed by atoms with Crippen LogP contribution in [0.25, 0.3) is 0 Å². The molecule has 1 unspecified atom stereocenters. The summed E-state index contributed by atoms with van der Waals surface area (Å²) in [7, 11) is 0. The highest BCUT2D eigenvalue weighted by Gasteiger charge is 2.06. The number of hydrogen-bond acceptors (Lipinski definition) is 3. The van der Waals surface area contributed by atoms with Crippen molar-refractivity contribution >= 4 is 43.6 Å². The van der Waals surface area contributed by atoms with E-state index >= 15 is 0 Å². The van der Waals surface area contributed by atoms with Gasteiger partial charge in [0.05, 0.1) is 10.2 Å². The Balaban J connectivity index is 3.25. The van der Waals surface area contributed by atoms with Crippen LogP contribution in [0.1, 0.15) is 13.3 Å². The summed E-state index contributed by atoms with van der Waals surface area (Å²) in [4.78, 5) is 21.7. The molecule has 88 valence electrons. The molecule has 0 aromatic carbocycles. The summed E-state index contributed by atoms with van der Waals surface area (Å²) in [5, 5.41) is 3.05. The Morgan fingerprint density at radius 3 is 2.67 bits per heavy atom. The number of nitrogens with one attached hydrogen (secondary N) is 1. The van der Waals surface area contributed by atoms with Crippen LogP contribution >= 0.6 is 31.9 Å². The third kappa shape index (κ3) is 9.02. The zero-order valence-corrected chi connectivity index (χ0v) is 11.8. The van der Waals surface area contributed by atoms with E-state index in [1.807, 2.05) is 0 Å². The molecule has 0 saturated carbocycles. The van der Waals surface area contributed by atoms with Crippen LogP contribution in [0.5, 0.6) is 0 Å². The van der Waals surface area contributed by atoms with E-state index in [1.165, 1.54) is 0 Å². The van der Waals surface area contributed by atoms with E-state index in [-0.39, 0.29) is 23.1 Å². The molecular weight excluding hydrogens is 330 g/mol. The van der Waals surface area contributed by atoms with Crippen molar-refractivity contribution in [2.75, 3.05) is 25.1 Å². The number of ether oxygens (including phenoxy) is 1. The van der Waals surface area contributed by atoms with Gasteiger partial charge in [-0.3, -0.25) is 9.59 Å². The molecule has 1 atom stereocenters. The molecule has 0 aromatic rings. The number of hydrogen-bond donors (Lipinski definition) is 1. The van der Waals surface area contributed by atoms with E-state index in [0.717, 1.165) is 0 Å². The van der Waals surface area contributed by atoms with Crippen LogP contribution in [0.2, 0.25) is 0 Å². The van der Waals surface area contributed by atoms with E-state index in [0.29, 0.717) is 24.9 Å². The summed E-state index contributed by atoms with van der Waals surface area (Å²) in [6.45, 7) is 2.95. The van der Waals surface area contributed by atoms with Gasteiger partial charge in [0.15, 0.2) is 5.78 Å². The summed E-state index contributed by atoms with van der Waals surface area (Å²) in [6, 6.07) is 0. The summed E-state index contributed by atoms with van der Waals surface area (Å²) in [5.74, 6) is -0.0142. The Morgan fingerprint density at radius 2 is 2.13 bits per heavy atom. The molecule has 0 bridgehead atoms. The minimum absolute atomic E-state index is 0.0214. The van der Waals surface area contributed by atoms with Gasteiger partial charge in [-0.1, -0.05) is 31.9 Å². The van der Waals surface area contributed by atoms with Gasteiger partial charge in [0.2, 0.25) is 5.91 Å². The van der Waals surface area contributed by atoms with Crippen molar-refractivity contribution < 1.29 is 14.3 Å². The maximum atomic E-state index is 11.1. The van der Waals surface area contributed by atoms with E-state index in [1.54, 1.807) is 6.92 Å². The quantitative estimate of drug-likeness (QED) is 0.532. The molecule has 15 heavy (non-hydrogen) atoms. The first-order valence-electron chi connectivity index (χ1n) is 4.65. The Labute approximate surface area is 106 Å². The lowest BCUT2D eigenvalue weighted by Gasteiger charge is -2.06. The fourth-order valence-electron chi connectivity index (χ4n) is 0.751. The van der Waals surface area contributed by atoms with E-state index in [4.69, 9.17) is 4.74 Å². The average Bonchev–Trinajstić information content (AvgIpc) is 2.22. The Bertz CT molecular complexity index is 210. The van der Waals surface area contributed by atoms with Crippen LogP contribution in [0.15, 0.2) is 0 Å². The van der Waals surface area contributed by atoms with Gasteiger partial charge in [0.25, 0.3) is 0 Å². The van der Waals surface area contributed by atoms with Crippen molar-refractivity contribution in [3.05, 3.63) is 0 Å². The molecule has 0 spiro atoms. The highest BCUT2D eigenvalue weighted by molar-refractivity contribution is 9.10. The predicted octanol–water partition coefficient (Wildman–Crippen LogP) is 1.26. The highest BCUT2D eigenvalue weighted by Crippen LogP contribution is 1.95. The van der Waals surface area contributed by atoms with E-state index in [2.05, 4.69) is 37.2 Å². The second-order valence-corrected chi connectivity index (χ2v) is 4.92. The summed E-state index contributed by atoms with van der Waals surface area (Å²) >= 11 is 6.20. The molecule has 1 N–H and O–H groups in total. The second-order valence-electron chi connectivity index (χ2n) is 2.99. The maximum absolute atomic E-state index is 11.1. The van der Waals surface area contributed by atoms with Gasteiger partial charge in [-0.25, -0.2) is 0 Å².